The van der Waals surface area contributed by atoms with Gasteiger partial charge in [0.15, 0.2) is 0 Å². The number of allylic oxidation sites excluding steroid dienone is 4. The maximum absolute atomic E-state index is 2.99. The third-order valence-electron chi connectivity index (χ3n) is 7.15. The summed E-state index contributed by atoms with van der Waals surface area (Å²) in [4.78, 5) is 0. The Morgan fingerprint density at radius 2 is 1.10 bits per heavy atom. The summed E-state index contributed by atoms with van der Waals surface area (Å²) in [6, 6.07) is 37.3. The van der Waals surface area contributed by atoms with Crippen molar-refractivity contribution < 1.29 is 24.2 Å². The minimum absolute atomic E-state index is 0.194. The third kappa shape index (κ3) is 7.80. The Balaban J connectivity index is 0.000000166. The van der Waals surface area contributed by atoms with E-state index >= 15 is 0 Å². The van der Waals surface area contributed by atoms with Gasteiger partial charge in [0, 0.05) is 0 Å². The summed E-state index contributed by atoms with van der Waals surface area (Å²) in [5.74, 6) is 0. The van der Waals surface area contributed by atoms with Crippen molar-refractivity contribution >= 4 is 24.8 Å². The number of fused-ring (bicyclic) bond motifs is 3. The van der Waals surface area contributed by atoms with Crippen LogP contribution < -0.4 is 0 Å². The van der Waals surface area contributed by atoms with Gasteiger partial charge in [-0.3, -0.25) is 6.08 Å². The zero-order chi connectivity index (χ0) is 28.8. The van der Waals surface area contributed by atoms with E-state index in [1.807, 2.05) is 12.2 Å². The average Bonchev–Trinajstić information content (AvgIpc) is 3.64. The first-order valence-corrected chi connectivity index (χ1v) is 15.3. The molecule has 200 valence electrons. The topological polar surface area (TPSA) is 0 Å². The van der Waals surface area contributed by atoms with Gasteiger partial charge in [-0.05, 0) is 10.8 Å². The van der Waals surface area contributed by atoms with Gasteiger partial charge in [-0.2, -0.15) is 6.08 Å². The number of rotatable bonds is 2. The second kappa shape index (κ2) is 13.1. The molecule has 0 saturated heterocycles. The molecular weight excluding hydrogens is 560 g/mol. The quantitative estimate of drug-likeness (QED) is 0.177. The van der Waals surface area contributed by atoms with Crippen LogP contribution in [0, 0.1) is 6.08 Å². The number of hydrogen-bond acceptors (Lipinski definition) is 0. The molecule has 0 atom stereocenters. The van der Waals surface area contributed by atoms with E-state index in [-0.39, 0.29) is 10.8 Å². The molecule has 0 heterocycles. The van der Waals surface area contributed by atoms with Gasteiger partial charge in [0.05, 0.1) is 0 Å². The summed E-state index contributed by atoms with van der Waals surface area (Å²) in [6.45, 7) is 13.7. The van der Waals surface area contributed by atoms with Crippen molar-refractivity contribution in [2.75, 3.05) is 0 Å². The first-order valence-electron chi connectivity index (χ1n) is 14.1. The van der Waals surface area contributed by atoms with Crippen molar-refractivity contribution in [3.05, 3.63) is 150 Å². The van der Waals surface area contributed by atoms with Crippen LogP contribution in [0.3, 0.4) is 0 Å². The molecule has 0 amide bonds. The van der Waals surface area contributed by atoms with Crippen molar-refractivity contribution in [2.45, 2.75) is 58.8 Å². The van der Waals surface area contributed by atoms with E-state index in [1.54, 1.807) is 0 Å². The van der Waals surface area contributed by atoms with E-state index in [0.717, 1.165) is 6.42 Å². The van der Waals surface area contributed by atoms with E-state index in [9.17, 15) is 0 Å². The van der Waals surface area contributed by atoms with Gasteiger partial charge in [-0.1, -0.05) is 76.9 Å². The molecule has 0 aliphatic heterocycles. The maximum atomic E-state index is 2.99. The van der Waals surface area contributed by atoms with Gasteiger partial charge < -0.3 is 0 Å². The van der Waals surface area contributed by atoms with Crippen LogP contribution in [0.1, 0.15) is 70.2 Å². The summed E-state index contributed by atoms with van der Waals surface area (Å²) in [7, 11) is 0. The van der Waals surface area contributed by atoms with E-state index in [2.05, 4.69) is 157 Å². The van der Waals surface area contributed by atoms with E-state index in [4.69, 9.17) is 0 Å². The van der Waals surface area contributed by atoms with Crippen molar-refractivity contribution in [2.24, 2.45) is 0 Å². The molecule has 0 N–H and O–H groups in total. The Kier molecular flexibility index (Phi) is 9.81. The van der Waals surface area contributed by atoms with Crippen molar-refractivity contribution in [1.29, 1.82) is 0 Å². The van der Waals surface area contributed by atoms with Gasteiger partial charge in [-0.15, -0.1) is 46.2 Å². The summed E-state index contributed by atoms with van der Waals surface area (Å²) < 4.78 is 1.42. The number of benzene rings is 4. The van der Waals surface area contributed by atoms with Crippen molar-refractivity contribution in [1.82, 2.24) is 0 Å². The Morgan fingerprint density at radius 1 is 0.650 bits per heavy atom. The molecule has 40 heavy (non-hydrogen) atoms. The molecule has 0 fully saturated rings. The van der Waals surface area contributed by atoms with Crippen LogP contribution in [0.15, 0.2) is 121 Å². The SMILES string of the molecule is CC(C)(C)c1ccc2[cH-]c3ccc(C(C)(C)C)cc3c2c1.[C-]1=CC=CC1.[Zr+2]=[C](c1ccccc1)c1ccccc1. The predicted molar refractivity (Wildman–Crippen MR) is 172 cm³/mol. The van der Waals surface area contributed by atoms with Crippen LogP contribution in [0.25, 0.3) is 21.5 Å². The average molecular weight is 600 g/mol. The molecule has 1 aliphatic rings. The first-order chi connectivity index (χ1) is 19.0. The molecule has 0 radical (unpaired) electrons. The predicted octanol–water partition coefficient (Wildman–Crippen LogP) is 10.4. The van der Waals surface area contributed by atoms with Crippen LogP contribution in [0.5, 0.6) is 0 Å². The first kappa shape index (κ1) is 30.0. The van der Waals surface area contributed by atoms with E-state index in [0.29, 0.717) is 0 Å². The molecule has 0 saturated carbocycles. The van der Waals surface area contributed by atoms with Crippen molar-refractivity contribution in [3.63, 3.8) is 0 Å². The van der Waals surface area contributed by atoms with Crippen molar-refractivity contribution in [3.8, 4) is 0 Å². The Bertz CT molecular complexity index is 1500. The fourth-order valence-corrected chi connectivity index (χ4v) is 5.47. The molecule has 0 bridgehead atoms. The molecule has 5 aromatic rings. The van der Waals surface area contributed by atoms with Gasteiger partial charge in [0.2, 0.25) is 0 Å². The van der Waals surface area contributed by atoms with Gasteiger partial charge in [-0.25, -0.2) is 12.2 Å². The Hall–Kier alpha value is -3.02. The molecule has 1 heteroatoms. The molecule has 1 aliphatic carbocycles. The summed E-state index contributed by atoms with van der Waals surface area (Å²) >= 11 is 1.46. The monoisotopic (exact) mass is 598 g/mol. The Morgan fingerprint density at radius 3 is 1.43 bits per heavy atom. The Labute approximate surface area is 256 Å². The minimum atomic E-state index is 0.194. The zero-order valence-corrected chi connectivity index (χ0v) is 27.2. The molecule has 0 unspecified atom stereocenters. The van der Waals surface area contributed by atoms with E-state index in [1.165, 1.54) is 71.2 Å². The fraction of sp³-hybridized carbons (Fsp3) is 0.231. The fourth-order valence-electron chi connectivity index (χ4n) is 4.65. The summed E-state index contributed by atoms with van der Waals surface area (Å²) in [6.07, 6.45) is 10.0. The molecule has 0 nitrogen and oxygen atoms in total. The van der Waals surface area contributed by atoms with Crippen LogP contribution >= 0.6 is 0 Å². The summed E-state index contributed by atoms with van der Waals surface area (Å²) in [5.41, 5.74) is 5.86. The zero-order valence-electron chi connectivity index (χ0n) is 24.8. The van der Waals surface area contributed by atoms with Gasteiger partial charge in [0.25, 0.3) is 0 Å². The van der Waals surface area contributed by atoms with E-state index < -0.39 is 0 Å². The van der Waals surface area contributed by atoms with Crippen LogP contribution in [0.4, 0.5) is 0 Å². The molecule has 0 spiro atoms. The van der Waals surface area contributed by atoms with Gasteiger partial charge in [0.1, 0.15) is 0 Å². The van der Waals surface area contributed by atoms with Crippen LogP contribution in [-0.4, -0.2) is 3.21 Å². The molecule has 0 aromatic heterocycles. The van der Waals surface area contributed by atoms with Crippen LogP contribution in [0.2, 0.25) is 0 Å². The normalized spacial score (nSPS) is 12.6. The summed E-state index contributed by atoms with van der Waals surface area (Å²) in [5, 5.41) is 5.49. The second-order valence-electron chi connectivity index (χ2n) is 12.4. The van der Waals surface area contributed by atoms with Crippen LogP contribution in [-0.2, 0) is 35.1 Å². The molecule has 6 rings (SSSR count). The molecular formula is C39H40Zr. The third-order valence-corrected chi connectivity index (χ3v) is 8.57. The number of hydrogen-bond donors (Lipinski definition) is 0. The molecule has 5 aromatic carbocycles. The second-order valence-corrected chi connectivity index (χ2v) is 13.6. The van der Waals surface area contributed by atoms with Gasteiger partial charge >= 0.3 is 99.2 Å². The standard InChI is InChI=1S/C21H25.C13H10.C5H5.Zr/c1-20(2,3)16-9-7-14-11-15-8-10-17(21(4,5)6)13-19(15)18(14)12-16;1-3-7-12(8-4-1)11-13-9-5-2-6-10-13;1-2-4-5-3-1;/h7-13H,1-6H3;1-10H;1-3H,4H2;/q-1;;-1;+2.